The van der Waals surface area contributed by atoms with Crippen molar-refractivity contribution in [2.45, 2.75) is 12.3 Å². The van der Waals surface area contributed by atoms with Gasteiger partial charge in [-0.1, -0.05) is 11.6 Å². The SMILES string of the molecule is Clc1ccc2occc2c1C1CCNC1. The van der Waals surface area contributed by atoms with Crippen LogP contribution in [0.15, 0.2) is 28.9 Å². The fourth-order valence-corrected chi connectivity index (χ4v) is 2.67. The second kappa shape index (κ2) is 3.54. The number of fused-ring (bicyclic) bond motifs is 1. The highest BCUT2D eigenvalue weighted by Crippen LogP contribution is 2.35. The van der Waals surface area contributed by atoms with Crippen LogP contribution in [0.5, 0.6) is 0 Å². The van der Waals surface area contributed by atoms with Crippen LogP contribution in [-0.4, -0.2) is 13.1 Å². The van der Waals surface area contributed by atoms with Crippen LogP contribution in [0.3, 0.4) is 0 Å². The van der Waals surface area contributed by atoms with E-state index in [1.54, 1.807) is 6.26 Å². The van der Waals surface area contributed by atoms with Gasteiger partial charge in [-0.3, -0.25) is 0 Å². The van der Waals surface area contributed by atoms with Gasteiger partial charge in [-0.15, -0.1) is 0 Å². The Morgan fingerprint density at radius 3 is 3.07 bits per heavy atom. The lowest BCUT2D eigenvalue weighted by atomic mass is 9.95. The minimum atomic E-state index is 0.527. The molecule has 1 aromatic heterocycles. The van der Waals surface area contributed by atoms with E-state index in [1.807, 2.05) is 18.2 Å². The molecule has 0 bridgehead atoms. The molecule has 0 radical (unpaired) electrons. The standard InChI is InChI=1S/C12H12ClNO/c13-10-1-2-11-9(4-6-15-11)12(10)8-3-5-14-7-8/h1-2,4,6,8,14H,3,5,7H2. The highest BCUT2D eigenvalue weighted by Gasteiger charge is 2.21. The number of halogens is 1. The summed E-state index contributed by atoms with van der Waals surface area (Å²) < 4.78 is 5.39. The second-order valence-electron chi connectivity index (χ2n) is 3.98. The van der Waals surface area contributed by atoms with Gasteiger partial charge in [0, 0.05) is 17.0 Å². The quantitative estimate of drug-likeness (QED) is 0.800. The van der Waals surface area contributed by atoms with Crippen LogP contribution in [0.2, 0.25) is 5.02 Å². The van der Waals surface area contributed by atoms with Gasteiger partial charge >= 0.3 is 0 Å². The molecule has 1 fully saturated rings. The van der Waals surface area contributed by atoms with Gasteiger partial charge in [-0.2, -0.15) is 0 Å². The van der Waals surface area contributed by atoms with Crippen molar-refractivity contribution < 1.29 is 4.42 Å². The van der Waals surface area contributed by atoms with E-state index < -0.39 is 0 Å². The van der Waals surface area contributed by atoms with E-state index in [0.29, 0.717) is 5.92 Å². The van der Waals surface area contributed by atoms with Crippen LogP contribution >= 0.6 is 11.6 Å². The van der Waals surface area contributed by atoms with Crippen LogP contribution in [-0.2, 0) is 0 Å². The van der Waals surface area contributed by atoms with Crippen molar-refractivity contribution in [3.05, 3.63) is 35.0 Å². The van der Waals surface area contributed by atoms with Crippen molar-refractivity contribution in [1.82, 2.24) is 5.32 Å². The summed E-state index contributed by atoms with van der Waals surface area (Å²) in [7, 11) is 0. The van der Waals surface area contributed by atoms with E-state index in [4.69, 9.17) is 16.0 Å². The maximum absolute atomic E-state index is 6.27. The first-order valence-electron chi connectivity index (χ1n) is 5.22. The van der Waals surface area contributed by atoms with Gasteiger partial charge in [-0.25, -0.2) is 0 Å². The predicted molar refractivity (Wildman–Crippen MR) is 61.5 cm³/mol. The molecule has 3 rings (SSSR count). The maximum atomic E-state index is 6.27. The van der Waals surface area contributed by atoms with Crippen molar-refractivity contribution in [3.8, 4) is 0 Å². The molecule has 1 aliphatic rings. The normalized spacial score (nSPS) is 21.3. The minimum absolute atomic E-state index is 0.527. The lowest BCUT2D eigenvalue weighted by molar-refractivity contribution is 0.615. The first-order chi connectivity index (χ1) is 7.36. The fourth-order valence-electron chi connectivity index (χ4n) is 2.36. The van der Waals surface area contributed by atoms with Gasteiger partial charge in [0.05, 0.1) is 6.26 Å². The van der Waals surface area contributed by atoms with Crippen molar-refractivity contribution in [2.24, 2.45) is 0 Å². The molecular weight excluding hydrogens is 210 g/mol. The van der Waals surface area contributed by atoms with Crippen molar-refractivity contribution in [2.75, 3.05) is 13.1 Å². The van der Waals surface area contributed by atoms with E-state index in [-0.39, 0.29) is 0 Å². The third-order valence-electron chi connectivity index (χ3n) is 3.09. The molecular formula is C12H12ClNO. The lowest BCUT2D eigenvalue weighted by Gasteiger charge is -2.11. The van der Waals surface area contributed by atoms with E-state index in [0.717, 1.165) is 35.5 Å². The van der Waals surface area contributed by atoms with Gasteiger partial charge < -0.3 is 9.73 Å². The summed E-state index contributed by atoms with van der Waals surface area (Å²) in [5.41, 5.74) is 2.18. The van der Waals surface area contributed by atoms with E-state index in [9.17, 15) is 0 Å². The Bertz CT molecular complexity index is 485. The molecule has 2 nitrogen and oxygen atoms in total. The predicted octanol–water partition coefficient (Wildman–Crippen LogP) is 3.16. The zero-order chi connectivity index (χ0) is 10.3. The molecule has 1 unspecified atom stereocenters. The molecule has 2 aromatic rings. The Morgan fingerprint density at radius 1 is 1.33 bits per heavy atom. The zero-order valence-electron chi connectivity index (χ0n) is 8.29. The van der Waals surface area contributed by atoms with Crippen LogP contribution in [0.25, 0.3) is 11.0 Å². The molecule has 0 saturated carbocycles. The highest BCUT2D eigenvalue weighted by molar-refractivity contribution is 6.32. The van der Waals surface area contributed by atoms with E-state index in [2.05, 4.69) is 5.32 Å². The number of nitrogens with one attached hydrogen (secondary N) is 1. The van der Waals surface area contributed by atoms with Gasteiger partial charge in [-0.05, 0) is 42.6 Å². The smallest absolute Gasteiger partial charge is 0.134 e. The summed E-state index contributed by atoms with van der Waals surface area (Å²) in [5, 5.41) is 5.39. The first-order valence-corrected chi connectivity index (χ1v) is 5.60. The molecule has 1 atom stereocenters. The summed E-state index contributed by atoms with van der Waals surface area (Å²) in [5.74, 6) is 0.527. The highest BCUT2D eigenvalue weighted by atomic mass is 35.5. The second-order valence-corrected chi connectivity index (χ2v) is 4.39. The average molecular weight is 222 g/mol. The molecule has 1 aromatic carbocycles. The number of hydrogen-bond donors (Lipinski definition) is 1. The Labute approximate surface area is 93.2 Å². The Kier molecular flexibility index (Phi) is 2.19. The van der Waals surface area contributed by atoms with E-state index in [1.165, 1.54) is 5.56 Å². The molecule has 1 saturated heterocycles. The number of rotatable bonds is 1. The van der Waals surface area contributed by atoms with Crippen LogP contribution < -0.4 is 5.32 Å². The first kappa shape index (κ1) is 9.25. The molecule has 78 valence electrons. The maximum Gasteiger partial charge on any atom is 0.134 e. The van der Waals surface area contributed by atoms with Gasteiger partial charge in [0.2, 0.25) is 0 Å². The van der Waals surface area contributed by atoms with Crippen molar-refractivity contribution in [3.63, 3.8) is 0 Å². The average Bonchev–Trinajstić information content (AvgIpc) is 2.85. The summed E-state index contributed by atoms with van der Waals surface area (Å²) in [4.78, 5) is 0. The van der Waals surface area contributed by atoms with Crippen LogP contribution in [0.4, 0.5) is 0 Å². The topological polar surface area (TPSA) is 25.2 Å². The third-order valence-corrected chi connectivity index (χ3v) is 3.42. The Balaban J connectivity index is 2.21. The molecule has 2 heterocycles. The van der Waals surface area contributed by atoms with E-state index >= 15 is 0 Å². The van der Waals surface area contributed by atoms with Crippen LogP contribution in [0.1, 0.15) is 17.9 Å². The number of hydrogen-bond acceptors (Lipinski definition) is 2. The fraction of sp³-hybridized carbons (Fsp3) is 0.333. The van der Waals surface area contributed by atoms with Crippen molar-refractivity contribution in [1.29, 1.82) is 0 Å². The molecule has 15 heavy (non-hydrogen) atoms. The van der Waals surface area contributed by atoms with Gasteiger partial charge in [0.25, 0.3) is 0 Å². The van der Waals surface area contributed by atoms with Crippen molar-refractivity contribution >= 4 is 22.6 Å². The Morgan fingerprint density at radius 2 is 2.27 bits per heavy atom. The summed E-state index contributed by atoms with van der Waals surface area (Å²) >= 11 is 6.27. The third kappa shape index (κ3) is 1.45. The molecule has 0 amide bonds. The Hall–Kier alpha value is -0.990. The number of benzene rings is 1. The van der Waals surface area contributed by atoms with Crippen LogP contribution in [0, 0.1) is 0 Å². The lowest BCUT2D eigenvalue weighted by Crippen LogP contribution is -2.08. The monoisotopic (exact) mass is 221 g/mol. The number of furan rings is 1. The minimum Gasteiger partial charge on any atom is -0.464 e. The van der Waals surface area contributed by atoms with Gasteiger partial charge in [0.15, 0.2) is 0 Å². The zero-order valence-corrected chi connectivity index (χ0v) is 9.05. The summed E-state index contributed by atoms with van der Waals surface area (Å²) in [6.45, 7) is 2.10. The largest absolute Gasteiger partial charge is 0.464 e. The molecule has 1 N–H and O–H groups in total. The molecule has 0 aliphatic carbocycles. The summed E-state index contributed by atoms with van der Waals surface area (Å²) in [6.07, 6.45) is 2.89. The van der Waals surface area contributed by atoms with Gasteiger partial charge in [0.1, 0.15) is 5.58 Å². The molecule has 1 aliphatic heterocycles. The summed E-state index contributed by atoms with van der Waals surface area (Å²) in [6, 6.07) is 5.87. The molecule has 3 heteroatoms. The molecule has 0 spiro atoms.